The number of piperazine rings is 1. The van der Waals surface area contributed by atoms with Gasteiger partial charge in [-0.25, -0.2) is 4.79 Å². The number of nitrogens with two attached hydrogens (primary N) is 1. The SMILES string of the molecule is C=C(C)CNC1=C(C)C(=O)C2=C(C1=O)C(COC(N)=O)C1(O)C3C(CN21)N3C. The third kappa shape index (κ3) is 2.29. The number of allylic oxidation sites excluding steroid dienone is 2. The van der Waals surface area contributed by atoms with Crippen molar-refractivity contribution >= 4 is 17.7 Å². The van der Waals surface area contributed by atoms with Gasteiger partial charge in [-0.1, -0.05) is 12.2 Å². The van der Waals surface area contributed by atoms with Gasteiger partial charge >= 0.3 is 6.09 Å². The molecule has 0 radical (unpaired) electrons. The lowest BCUT2D eigenvalue weighted by atomic mass is 9.82. The summed E-state index contributed by atoms with van der Waals surface area (Å²) in [6.07, 6.45) is -0.996. The van der Waals surface area contributed by atoms with Crippen molar-refractivity contribution in [1.82, 2.24) is 15.1 Å². The number of rotatable bonds is 5. The number of primary amides is 1. The zero-order valence-electron chi connectivity index (χ0n) is 16.1. The molecule has 0 aromatic heterocycles. The van der Waals surface area contributed by atoms with Crippen LogP contribution >= 0.6 is 0 Å². The first-order valence-electron chi connectivity index (χ1n) is 9.17. The fourth-order valence-corrected chi connectivity index (χ4v) is 4.83. The van der Waals surface area contributed by atoms with Crippen LogP contribution in [0, 0.1) is 5.92 Å². The number of ether oxygens (including phenoxy) is 1. The Morgan fingerprint density at radius 3 is 2.71 bits per heavy atom. The number of nitrogens with one attached hydrogen (secondary N) is 1. The first-order valence-corrected chi connectivity index (χ1v) is 9.17. The summed E-state index contributed by atoms with van der Waals surface area (Å²) < 4.78 is 4.98. The quantitative estimate of drug-likeness (QED) is 0.319. The normalized spacial score (nSPS) is 35.6. The number of amides is 1. The number of carbonyl (C=O) groups excluding carboxylic acids is 3. The van der Waals surface area contributed by atoms with Gasteiger partial charge in [0.25, 0.3) is 0 Å². The van der Waals surface area contributed by atoms with Crippen LogP contribution in [0.4, 0.5) is 4.79 Å². The van der Waals surface area contributed by atoms with Gasteiger partial charge in [-0.2, -0.15) is 0 Å². The van der Waals surface area contributed by atoms with Crippen molar-refractivity contribution < 1.29 is 24.2 Å². The van der Waals surface area contributed by atoms with Crippen LogP contribution in [-0.2, 0) is 14.3 Å². The average molecular weight is 388 g/mol. The number of nitrogens with zero attached hydrogens (tertiary/aromatic N) is 2. The lowest BCUT2D eigenvalue weighted by Crippen LogP contribution is -2.53. The largest absolute Gasteiger partial charge is 0.449 e. The highest BCUT2D eigenvalue weighted by Crippen LogP contribution is 2.57. The van der Waals surface area contributed by atoms with E-state index in [0.717, 1.165) is 5.57 Å². The van der Waals surface area contributed by atoms with E-state index in [-0.39, 0.29) is 47.2 Å². The molecule has 4 N–H and O–H groups in total. The summed E-state index contributed by atoms with van der Waals surface area (Å²) in [6, 6.07) is -0.155. The highest BCUT2D eigenvalue weighted by molar-refractivity contribution is 6.25. The standard InChI is InChI=1S/C19H24N4O5/c1-8(2)5-21-13-9(3)15(24)14-12(16(13)25)10(7-28-18(20)26)19(27)17-11(22(17)4)6-23(14)19/h10-11,17,21,27H,1,5-7H2,2-4H3,(H2,20,26). The molecule has 3 aliphatic heterocycles. The summed E-state index contributed by atoms with van der Waals surface area (Å²) in [7, 11) is 1.88. The maximum absolute atomic E-state index is 13.3. The summed E-state index contributed by atoms with van der Waals surface area (Å²) in [5.41, 5.74) is 5.33. The van der Waals surface area contributed by atoms with E-state index in [9.17, 15) is 19.5 Å². The van der Waals surface area contributed by atoms with Gasteiger partial charge in [0.05, 0.1) is 23.4 Å². The molecule has 5 atom stereocenters. The number of ketones is 2. The number of aliphatic hydroxyl groups is 1. The van der Waals surface area contributed by atoms with Crippen LogP contribution < -0.4 is 11.1 Å². The summed E-state index contributed by atoms with van der Waals surface area (Å²) >= 11 is 0. The van der Waals surface area contributed by atoms with Crippen molar-refractivity contribution in [3.63, 3.8) is 0 Å². The average Bonchev–Trinajstić information content (AvgIpc) is 3.02. The minimum atomic E-state index is -1.49. The van der Waals surface area contributed by atoms with E-state index < -0.39 is 17.7 Å². The van der Waals surface area contributed by atoms with Gasteiger partial charge in [0, 0.05) is 30.3 Å². The first kappa shape index (κ1) is 18.7. The molecule has 2 saturated heterocycles. The van der Waals surface area contributed by atoms with Crippen LogP contribution in [0.25, 0.3) is 0 Å². The molecule has 0 saturated carbocycles. The van der Waals surface area contributed by atoms with Gasteiger partial charge in [0.15, 0.2) is 5.72 Å². The van der Waals surface area contributed by atoms with E-state index in [1.54, 1.807) is 11.8 Å². The minimum Gasteiger partial charge on any atom is -0.449 e. The van der Waals surface area contributed by atoms with Gasteiger partial charge in [-0.3, -0.25) is 14.5 Å². The molecule has 4 aliphatic rings. The molecule has 28 heavy (non-hydrogen) atoms. The number of hydrogen-bond donors (Lipinski definition) is 3. The molecule has 0 aromatic carbocycles. The van der Waals surface area contributed by atoms with Crippen molar-refractivity contribution in [1.29, 1.82) is 0 Å². The molecule has 0 aromatic rings. The van der Waals surface area contributed by atoms with E-state index in [1.807, 2.05) is 18.9 Å². The second kappa shape index (κ2) is 5.92. The summed E-state index contributed by atoms with van der Waals surface area (Å²) in [4.78, 5) is 41.3. The molecule has 1 amide bonds. The van der Waals surface area contributed by atoms with Crippen LogP contribution in [-0.4, -0.2) is 77.1 Å². The molecule has 5 unspecified atom stereocenters. The van der Waals surface area contributed by atoms with E-state index in [1.165, 1.54) is 0 Å². The number of likely N-dealkylation sites (N-methyl/N-ethyl adjacent to an activating group) is 1. The molecular weight excluding hydrogens is 364 g/mol. The fourth-order valence-electron chi connectivity index (χ4n) is 4.83. The van der Waals surface area contributed by atoms with Gasteiger partial charge in [-0.15, -0.1) is 0 Å². The maximum atomic E-state index is 13.3. The second-order valence-electron chi connectivity index (χ2n) is 7.99. The van der Waals surface area contributed by atoms with E-state index >= 15 is 0 Å². The number of hydrogen-bond acceptors (Lipinski definition) is 8. The summed E-state index contributed by atoms with van der Waals surface area (Å²) in [6.45, 7) is 7.71. The molecule has 3 heterocycles. The van der Waals surface area contributed by atoms with Crippen LogP contribution in [0.2, 0.25) is 0 Å². The predicted molar refractivity (Wildman–Crippen MR) is 98.6 cm³/mol. The Hall–Kier alpha value is -2.65. The Kier molecular flexibility index (Phi) is 3.95. The smallest absolute Gasteiger partial charge is 0.404 e. The Bertz CT molecular complexity index is 891. The topological polar surface area (TPSA) is 125 Å². The highest BCUT2D eigenvalue weighted by Gasteiger charge is 2.74. The molecule has 9 heteroatoms. The summed E-state index contributed by atoms with van der Waals surface area (Å²) in [5, 5.41) is 14.6. The zero-order chi connectivity index (χ0) is 20.5. The molecule has 150 valence electrons. The number of carbonyl (C=O) groups is 3. The van der Waals surface area contributed by atoms with Crippen molar-refractivity contribution in [2.75, 3.05) is 26.7 Å². The molecule has 2 fully saturated rings. The molecule has 0 spiro atoms. The van der Waals surface area contributed by atoms with Crippen molar-refractivity contribution in [2.24, 2.45) is 11.7 Å². The maximum Gasteiger partial charge on any atom is 0.404 e. The monoisotopic (exact) mass is 388 g/mol. The van der Waals surface area contributed by atoms with E-state index in [2.05, 4.69) is 11.9 Å². The molecule has 9 nitrogen and oxygen atoms in total. The van der Waals surface area contributed by atoms with Gasteiger partial charge in [0.2, 0.25) is 11.6 Å². The minimum absolute atomic E-state index is 0.0882. The Labute approximate surface area is 162 Å². The molecule has 0 bridgehead atoms. The van der Waals surface area contributed by atoms with Crippen LogP contribution in [0.3, 0.4) is 0 Å². The van der Waals surface area contributed by atoms with Crippen LogP contribution in [0.5, 0.6) is 0 Å². The highest BCUT2D eigenvalue weighted by atomic mass is 16.5. The fraction of sp³-hybridized carbons (Fsp3) is 0.526. The van der Waals surface area contributed by atoms with E-state index in [0.29, 0.717) is 18.7 Å². The van der Waals surface area contributed by atoms with Crippen LogP contribution in [0.15, 0.2) is 34.7 Å². The third-order valence-electron chi connectivity index (χ3n) is 6.22. The lowest BCUT2D eigenvalue weighted by molar-refractivity contribution is -0.126. The van der Waals surface area contributed by atoms with Crippen molar-refractivity contribution in [3.05, 3.63) is 34.7 Å². The zero-order valence-corrected chi connectivity index (χ0v) is 16.1. The number of Topliss-reactive ketones (excluding diaryl/α,β-unsaturated/α-hetero) is 2. The van der Waals surface area contributed by atoms with Gasteiger partial charge in [0.1, 0.15) is 6.61 Å². The van der Waals surface area contributed by atoms with E-state index in [4.69, 9.17) is 10.5 Å². The molecular formula is C19H24N4O5. The predicted octanol–water partition coefficient (Wildman–Crippen LogP) is -0.756. The Balaban J connectivity index is 1.76. The Morgan fingerprint density at radius 1 is 1.43 bits per heavy atom. The lowest BCUT2D eigenvalue weighted by Gasteiger charge is -2.37. The van der Waals surface area contributed by atoms with Crippen molar-refractivity contribution in [2.45, 2.75) is 31.7 Å². The molecule has 1 aliphatic carbocycles. The third-order valence-corrected chi connectivity index (χ3v) is 6.22. The van der Waals surface area contributed by atoms with Crippen molar-refractivity contribution in [3.8, 4) is 0 Å². The number of fused-ring (bicyclic) bond motifs is 4. The first-order chi connectivity index (χ1) is 13.1. The van der Waals surface area contributed by atoms with Crippen LogP contribution in [0.1, 0.15) is 13.8 Å². The Morgan fingerprint density at radius 2 is 2.11 bits per heavy atom. The molecule has 4 rings (SSSR count). The van der Waals surface area contributed by atoms with Gasteiger partial charge in [-0.05, 0) is 20.9 Å². The summed E-state index contributed by atoms with van der Waals surface area (Å²) in [5.74, 6) is -1.53. The van der Waals surface area contributed by atoms with Gasteiger partial charge < -0.3 is 25.8 Å². The second-order valence-corrected chi connectivity index (χ2v) is 7.99.